The van der Waals surface area contributed by atoms with E-state index in [-0.39, 0.29) is 12.0 Å². The highest BCUT2D eigenvalue weighted by atomic mass is 16.3. The van der Waals surface area contributed by atoms with Gasteiger partial charge >= 0.3 is 0 Å². The molecule has 2 fully saturated rings. The fraction of sp³-hybridized carbons (Fsp3) is 0.917. The Bertz CT molecular complexity index is 218. The number of aliphatic hydroxyl groups excluding tert-OH is 1. The van der Waals surface area contributed by atoms with Gasteiger partial charge in [0.1, 0.15) is 0 Å². The number of nitrogens with one attached hydrogen (secondary N) is 1. The number of aliphatic hydroxyl groups is 1. The second-order valence-corrected chi connectivity index (χ2v) is 5.13. The lowest BCUT2D eigenvalue weighted by atomic mass is 9.87. The summed E-state index contributed by atoms with van der Waals surface area (Å²) in [4.78, 5) is 11.4. The van der Waals surface area contributed by atoms with Gasteiger partial charge < -0.3 is 10.4 Å². The van der Waals surface area contributed by atoms with Crippen LogP contribution in [0.4, 0.5) is 0 Å². The van der Waals surface area contributed by atoms with E-state index in [1.807, 2.05) is 0 Å². The maximum atomic E-state index is 11.4. The average Bonchev–Trinajstić information content (AvgIpc) is 3.01. The molecule has 0 aliphatic heterocycles. The Hall–Kier alpha value is -0.570. The average molecular weight is 211 g/mol. The van der Waals surface area contributed by atoms with Crippen LogP contribution < -0.4 is 5.32 Å². The first-order chi connectivity index (χ1) is 7.24. The molecule has 0 saturated heterocycles. The van der Waals surface area contributed by atoms with Gasteiger partial charge in [-0.05, 0) is 50.4 Å². The Morgan fingerprint density at radius 1 is 1.07 bits per heavy atom. The first-order valence-corrected chi connectivity index (χ1v) is 6.19. The van der Waals surface area contributed by atoms with Crippen LogP contribution in [-0.4, -0.2) is 23.7 Å². The highest BCUT2D eigenvalue weighted by Gasteiger charge is 2.25. The van der Waals surface area contributed by atoms with Crippen molar-refractivity contribution in [2.24, 2.45) is 11.8 Å². The predicted octanol–water partition coefficient (Wildman–Crippen LogP) is 1.45. The predicted molar refractivity (Wildman–Crippen MR) is 58.3 cm³/mol. The first-order valence-electron chi connectivity index (χ1n) is 6.19. The molecule has 2 N–H and O–H groups in total. The Morgan fingerprint density at radius 2 is 1.67 bits per heavy atom. The van der Waals surface area contributed by atoms with E-state index in [2.05, 4.69) is 5.32 Å². The van der Waals surface area contributed by atoms with E-state index >= 15 is 0 Å². The van der Waals surface area contributed by atoms with E-state index in [0.29, 0.717) is 11.8 Å². The van der Waals surface area contributed by atoms with Crippen LogP contribution in [-0.2, 0) is 4.79 Å². The molecule has 0 radical (unpaired) electrons. The van der Waals surface area contributed by atoms with Gasteiger partial charge in [-0.2, -0.15) is 0 Å². The quantitative estimate of drug-likeness (QED) is 0.739. The van der Waals surface area contributed by atoms with Crippen LogP contribution >= 0.6 is 0 Å². The minimum absolute atomic E-state index is 0.0941. The summed E-state index contributed by atoms with van der Waals surface area (Å²) >= 11 is 0. The molecular weight excluding hydrogens is 190 g/mol. The fourth-order valence-electron chi connectivity index (χ4n) is 2.26. The first kappa shape index (κ1) is 10.9. The molecule has 0 aromatic carbocycles. The number of hydrogen-bond donors (Lipinski definition) is 2. The maximum absolute atomic E-state index is 11.4. The van der Waals surface area contributed by atoms with Crippen LogP contribution in [0.1, 0.15) is 44.9 Å². The molecule has 3 heteroatoms. The fourth-order valence-corrected chi connectivity index (χ4v) is 2.26. The van der Waals surface area contributed by atoms with E-state index < -0.39 is 0 Å². The van der Waals surface area contributed by atoms with Crippen molar-refractivity contribution in [2.45, 2.75) is 51.0 Å². The molecule has 0 bridgehead atoms. The number of hydrogen-bond acceptors (Lipinski definition) is 2. The summed E-state index contributed by atoms with van der Waals surface area (Å²) in [5.41, 5.74) is 0. The molecule has 2 aliphatic rings. The van der Waals surface area contributed by atoms with Crippen LogP contribution in [0.2, 0.25) is 0 Å². The van der Waals surface area contributed by atoms with E-state index in [4.69, 9.17) is 0 Å². The second kappa shape index (κ2) is 4.97. The van der Waals surface area contributed by atoms with E-state index in [1.54, 1.807) is 0 Å². The van der Waals surface area contributed by atoms with Crippen molar-refractivity contribution in [2.75, 3.05) is 6.54 Å². The van der Waals surface area contributed by atoms with Gasteiger partial charge in [-0.15, -0.1) is 0 Å². The molecule has 0 spiro atoms. The van der Waals surface area contributed by atoms with Gasteiger partial charge in [0.2, 0.25) is 5.91 Å². The van der Waals surface area contributed by atoms with Gasteiger partial charge in [0.05, 0.1) is 6.10 Å². The van der Waals surface area contributed by atoms with Crippen molar-refractivity contribution in [3.8, 4) is 0 Å². The molecule has 0 atom stereocenters. The molecular formula is C12H21NO2. The smallest absolute Gasteiger partial charge is 0.220 e. The molecule has 1 amide bonds. The minimum Gasteiger partial charge on any atom is -0.393 e. The van der Waals surface area contributed by atoms with Crippen LogP contribution in [0, 0.1) is 11.8 Å². The van der Waals surface area contributed by atoms with Crippen LogP contribution in [0.15, 0.2) is 0 Å². The van der Waals surface area contributed by atoms with Crippen molar-refractivity contribution in [1.82, 2.24) is 5.32 Å². The zero-order valence-electron chi connectivity index (χ0n) is 9.24. The molecule has 0 aromatic heterocycles. The summed E-state index contributed by atoms with van der Waals surface area (Å²) in [6, 6.07) is 0. The lowest BCUT2D eigenvalue weighted by molar-refractivity contribution is -0.121. The molecule has 2 aliphatic carbocycles. The zero-order valence-corrected chi connectivity index (χ0v) is 9.24. The molecule has 3 nitrogen and oxygen atoms in total. The summed E-state index contributed by atoms with van der Waals surface area (Å²) in [5, 5.41) is 12.4. The third-order valence-electron chi connectivity index (χ3n) is 3.58. The lowest BCUT2D eigenvalue weighted by Crippen LogP contribution is -2.32. The van der Waals surface area contributed by atoms with Gasteiger partial charge in [-0.3, -0.25) is 4.79 Å². The molecule has 2 saturated carbocycles. The van der Waals surface area contributed by atoms with Crippen molar-refractivity contribution >= 4 is 5.91 Å². The molecule has 2 rings (SSSR count). The van der Waals surface area contributed by atoms with Gasteiger partial charge in [0.25, 0.3) is 0 Å². The molecule has 0 heterocycles. The summed E-state index contributed by atoms with van der Waals surface area (Å²) in [5.74, 6) is 1.50. The molecule has 15 heavy (non-hydrogen) atoms. The van der Waals surface area contributed by atoms with Crippen LogP contribution in [0.3, 0.4) is 0 Å². The maximum Gasteiger partial charge on any atom is 0.220 e. The van der Waals surface area contributed by atoms with Gasteiger partial charge in [0.15, 0.2) is 0 Å². The largest absolute Gasteiger partial charge is 0.393 e. The Labute approximate surface area is 91.2 Å². The topological polar surface area (TPSA) is 49.3 Å². The zero-order chi connectivity index (χ0) is 10.7. The van der Waals surface area contributed by atoms with Gasteiger partial charge in [-0.25, -0.2) is 0 Å². The molecule has 0 unspecified atom stereocenters. The molecule has 0 aromatic rings. The SMILES string of the molecule is O=C(CC1CC1)NCC1CCC(O)CC1. The van der Waals surface area contributed by atoms with E-state index in [9.17, 15) is 9.90 Å². The van der Waals surface area contributed by atoms with Crippen LogP contribution in [0.5, 0.6) is 0 Å². The Morgan fingerprint density at radius 3 is 2.27 bits per heavy atom. The number of carbonyl (C=O) groups excluding carboxylic acids is 1. The Kier molecular flexibility index (Phi) is 3.62. The third kappa shape index (κ3) is 3.82. The summed E-state index contributed by atoms with van der Waals surface area (Å²) < 4.78 is 0. The van der Waals surface area contributed by atoms with Gasteiger partial charge in [0, 0.05) is 13.0 Å². The monoisotopic (exact) mass is 211 g/mol. The number of carbonyl (C=O) groups is 1. The Balaban J connectivity index is 1.58. The highest BCUT2D eigenvalue weighted by Crippen LogP contribution is 2.32. The minimum atomic E-state index is -0.0941. The van der Waals surface area contributed by atoms with Crippen molar-refractivity contribution in [3.63, 3.8) is 0 Å². The van der Waals surface area contributed by atoms with Crippen molar-refractivity contribution in [1.29, 1.82) is 0 Å². The third-order valence-corrected chi connectivity index (χ3v) is 3.58. The van der Waals surface area contributed by atoms with E-state index in [0.717, 1.165) is 38.6 Å². The normalized spacial score (nSPS) is 31.3. The summed E-state index contributed by atoms with van der Waals surface area (Å²) in [6.45, 7) is 0.818. The van der Waals surface area contributed by atoms with Crippen LogP contribution in [0.25, 0.3) is 0 Å². The highest BCUT2D eigenvalue weighted by molar-refractivity contribution is 5.76. The number of amides is 1. The van der Waals surface area contributed by atoms with E-state index in [1.165, 1.54) is 12.8 Å². The second-order valence-electron chi connectivity index (χ2n) is 5.13. The lowest BCUT2D eigenvalue weighted by Gasteiger charge is -2.25. The molecule has 86 valence electrons. The van der Waals surface area contributed by atoms with Gasteiger partial charge in [-0.1, -0.05) is 0 Å². The summed E-state index contributed by atoms with van der Waals surface area (Å²) in [7, 11) is 0. The van der Waals surface area contributed by atoms with Crippen molar-refractivity contribution in [3.05, 3.63) is 0 Å². The summed E-state index contributed by atoms with van der Waals surface area (Å²) in [6.07, 6.45) is 7.05. The standard InChI is InChI=1S/C12H21NO2/c14-11-5-3-10(4-6-11)8-13-12(15)7-9-1-2-9/h9-11,14H,1-8H2,(H,13,15). The van der Waals surface area contributed by atoms with Crippen molar-refractivity contribution < 1.29 is 9.90 Å². The number of rotatable bonds is 4.